The van der Waals surface area contributed by atoms with Gasteiger partial charge in [-0.2, -0.15) is 0 Å². The summed E-state index contributed by atoms with van der Waals surface area (Å²) in [5.41, 5.74) is 9.20. The zero-order valence-corrected chi connectivity index (χ0v) is 32.3. The number of aromatic nitrogens is 1. The van der Waals surface area contributed by atoms with Gasteiger partial charge in [0.15, 0.2) is 0 Å². The Kier molecular flexibility index (Phi) is 7.31. The first-order valence-electron chi connectivity index (χ1n) is 19.3. The largest absolute Gasteiger partial charge is 0.310 e. The highest BCUT2D eigenvalue weighted by molar-refractivity contribution is 7.27. The summed E-state index contributed by atoms with van der Waals surface area (Å²) in [4.78, 5) is 6.91. The van der Waals surface area contributed by atoms with E-state index in [-0.39, 0.29) is 0 Å². The molecule has 0 fully saturated rings. The van der Waals surface area contributed by atoms with E-state index in [1.165, 1.54) is 84.1 Å². The average Bonchev–Trinajstić information content (AvgIpc) is 3.85. The first-order valence-corrected chi connectivity index (χ1v) is 20.9. The smallest absolute Gasteiger partial charge is 0.0702 e. The fourth-order valence-corrected chi connectivity index (χ4v) is 11.2. The third kappa shape index (κ3) is 5.33. The molecule has 2 nitrogen and oxygen atoms in total. The molecule has 0 saturated heterocycles. The fraction of sp³-hybridized carbons (Fsp3) is 0. The lowest BCUT2D eigenvalue weighted by molar-refractivity contribution is 1.30. The number of nitrogens with zero attached hydrogens (tertiary/aromatic N) is 2. The molecule has 0 atom stereocenters. The molecule has 0 amide bonds. The molecule has 0 aliphatic carbocycles. The lowest BCUT2D eigenvalue weighted by Gasteiger charge is -2.26. The molecule has 3 aromatic heterocycles. The van der Waals surface area contributed by atoms with E-state index < -0.39 is 0 Å². The van der Waals surface area contributed by atoms with Crippen molar-refractivity contribution in [3.05, 3.63) is 194 Å². The Hall–Kier alpha value is -6.85. The first-order chi connectivity index (χ1) is 28.2. The van der Waals surface area contributed by atoms with Crippen LogP contribution in [0.5, 0.6) is 0 Å². The summed E-state index contributed by atoms with van der Waals surface area (Å²) in [5.74, 6) is 0. The van der Waals surface area contributed by atoms with Gasteiger partial charge in [-0.15, -0.1) is 22.7 Å². The quantitative estimate of drug-likeness (QED) is 0.174. The van der Waals surface area contributed by atoms with E-state index in [1.54, 1.807) is 0 Å². The lowest BCUT2D eigenvalue weighted by atomic mass is 9.99. The van der Waals surface area contributed by atoms with Crippen molar-refractivity contribution in [3.63, 3.8) is 0 Å². The molecule has 57 heavy (non-hydrogen) atoms. The van der Waals surface area contributed by atoms with Crippen molar-refractivity contribution < 1.29 is 0 Å². The minimum absolute atomic E-state index is 1.02. The van der Waals surface area contributed by atoms with Crippen LogP contribution in [0.4, 0.5) is 17.1 Å². The molecule has 4 heteroatoms. The van der Waals surface area contributed by atoms with E-state index in [0.717, 1.165) is 28.0 Å². The van der Waals surface area contributed by atoms with Gasteiger partial charge in [0.2, 0.25) is 0 Å². The molecule has 0 N–H and O–H groups in total. The summed E-state index contributed by atoms with van der Waals surface area (Å²) < 4.78 is 5.27. The van der Waals surface area contributed by atoms with Gasteiger partial charge in [0.1, 0.15) is 0 Å². The van der Waals surface area contributed by atoms with Crippen LogP contribution in [-0.2, 0) is 0 Å². The minimum Gasteiger partial charge on any atom is -0.310 e. The summed E-state index contributed by atoms with van der Waals surface area (Å²) in [6, 6.07) is 69.1. The molecule has 266 valence electrons. The molecule has 0 spiro atoms. The van der Waals surface area contributed by atoms with E-state index >= 15 is 0 Å². The average molecular weight is 761 g/mol. The minimum atomic E-state index is 1.02. The van der Waals surface area contributed by atoms with Crippen LogP contribution in [0.1, 0.15) is 0 Å². The molecule has 12 aromatic rings. The van der Waals surface area contributed by atoms with Crippen LogP contribution in [0.3, 0.4) is 0 Å². The number of hydrogen-bond acceptors (Lipinski definition) is 4. The van der Waals surface area contributed by atoms with E-state index in [9.17, 15) is 0 Å². The molecular formula is C53H32N2S2. The molecule has 12 rings (SSSR count). The number of rotatable bonds is 5. The van der Waals surface area contributed by atoms with Gasteiger partial charge < -0.3 is 4.90 Å². The van der Waals surface area contributed by atoms with Crippen molar-refractivity contribution in [2.75, 3.05) is 4.90 Å². The summed E-state index contributed by atoms with van der Waals surface area (Å²) in [6.07, 6.45) is 1.85. The standard InChI is InChI=1S/C53H32N2S2/c1-3-9-43-36(6-1)17-24-47-45-26-22-41(31-50(45)56-52(43)47)55(42-23-27-46-48-25-18-37-7-2-4-10-44(37)53(48)57-51(46)32-42)40-20-15-34(16-21-40)33-11-13-35(14-12-33)38-19-28-49-39(30-38)8-5-29-54-49/h1-32H. The number of pyridine rings is 1. The van der Waals surface area contributed by atoms with E-state index in [1.807, 2.05) is 34.9 Å². The van der Waals surface area contributed by atoms with Gasteiger partial charge in [0.25, 0.3) is 0 Å². The van der Waals surface area contributed by atoms with Crippen LogP contribution in [0.15, 0.2) is 194 Å². The van der Waals surface area contributed by atoms with Crippen molar-refractivity contribution in [2.45, 2.75) is 0 Å². The maximum absolute atomic E-state index is 4.49. The van der Waals surface area contributed by atoms with Crippen molar-refractivity contribution in [1.29, 1.82) is 0 Å². The zero-order chi connectivity index (χ0) is 37.5. The third-order valence-electron chi connectivity index (χ3n) is 11.5. The normalized spacial score (nSPS) is 11.9. The van der Waals surface area contributed by atoms with Gasteiger partial charge in [-0.05, 0) is 98.4 Å². The molecule has 0 unspecified atom stereocenters. The first kappa shape index (κ1) is 32.4. The Balaban J connectivity index is 0.967. The topological polar surface area (TPSA) is 16.1 Å². The molecule has 0 saturated carbocycles. The Morgan fingerprint density at radius 1 is 0.333 bits per heavy atom. The van der Waals surface area contributed by atoms with E-state index in [2.05, 4.69) is 192 Å². The maximum Gasteiger partial charge on any atom is 0.0702 e. The Bertz CT molecular complexity index is 3370. The van der Waals surface area contributed by atoms with Crippen molar-refractivity contribution in [1.82, 2.24) is 4.98 Å². The van der Waals surface area contributed by atoms with Crippen LogP contribution in [0.25, 0.3) is 95.0 Å². The Morgan fingerprint density at radius 3 is 1.40 bits per heavy atom. The molecule has 9 aromatic carbocycles. The van der Waals surface area contributed by atoms with Crippen LogP contribution < -0.4 is 4.90 Å². The molecule has 0 bridgehead atoms. The van der Waals surface area contributed by atoms with Gasteiger partial charge >= 0.3 is 0 Å². The fourth-order valence-electron chi connectivity index (χ4n) is 8.62. The SMILES string of the molecule is c1cnc2ccc(-c3ccc(-c4ccc(N(c5ccc6c(c5)sc5c7ccccc7ccc65)c5ccc6c(c5)sc5c7ccccc7ccc65)cc4)cc3)cc2c1. The summed E-state index contributed by atoms with van der Waals surface area (Å²) in [5, 5.41) is 11.6. The van der Waals surface area contributed by atoms with Gasteiger partial charge in [-0.25, -0.2) is 0 Å². The molecule has 0 aliphatic rings. The summed E-state index contributed by atoms with van der Waals surface area (Å²) in [7, 11) is 0. The molecule has 0 radical (unpaired) electrons. The van der Waals surface area contributed by atoms with Crippen LogP contribution in [0, 0.1) is 0 Å². The van der Waals surface area contributed by atoms with Crippen LogP contribution >= 0.6 is 22.7 Å². The van der Waals surface area contributed by atoms with Crippen molar-refractivity contribution in [3.8, 4) is 22.3 Å². The number of benzene rings is 9. The van der Waals surface area contributed by atoms with E-state index in [4.69, 9.17) is 0 Å². The van der Waals surface area contributed by atoms with Gasteiger partial charge in [-0.3, -0.25) is 4.98 Å². The zero-order valence-electron chi connectivity index (χ0n) is 30.7. The molecule has 3 heterocycles. The molecular weight excluding hydrogens is 729 g/mol. The summed E-state index contributed by atoms with van der Waals surface area (Å²) in [6.45, 7) is 0. The second kappa shape index (κ2) is 12.9. The summed E-state index contributed by atoms with van der Waals surface area (Å²) >= 11 is 3.78. The molecule has 0 aliphatic heterocycles. The predicted octanol–water partition coefficient (Wildman–Crippen LogP) is 16.1. The van der Waals surface area contributed by atoms with Gasteiger partial charge in [0, 0.05) is 69.0 Å². The third-order valence-corrected chi connectivity index (χ3v) is 13.9. The predicted molar refractivity (Wildman–Crippen MR) is 248 cm³/mol. The van der Waals surface area contributed by atoms with E-state index in [0.29, 0.717) is 0 Å². The second-order valence-electron chi connectivity index (χ2n) is 14.8. The number of thiophene rings is 2. The van der Waals surface area contributed by atoms with Crippen molar-refractivity contribution >= 4 is 113 Å². The van der Waals surface area contributed by atoms with Gasteiger partial charge in [-0.1, -0.05) is 133 Å². The number of anilines is 3. The van der Waals surface area contributed by atoms with Gasteiger partial charge in [0.05, 0.1) is 5.52 Å². The number of fused-ring (bicyclic) bond motifs is 11. The second-order valence-corrected chi connectivity index (χ2v) is 16.9. The Labute approximate surface area is 337 Å². The van der Waals surface area contributed by atoms with Crippen molar-refractivity contribution in [2.24, 2.45) is 0 Å². The monoisotopic (exact) mass is 760 g/mol. The Morgan fingerprint density at radius 2 is 0.807 bits per heavy atom. The highest BCUT2D eigenvalue weighted by Gasteiger charge is 2.18. The lowest BCUT2D eigenvalue weighted by Crippen LogP contribution is -2.09. The number of hydrogen-bond donors (Lipinski definition) is 0. The highest BCUT2D eigenvalue weighted by atomic mass is 32.1. The maximum atomic E-state index is 4.49. The van der Waals surface area contributed by atoms with Crippen LogP contribution in [-0.4, -0.2) is 4.98 Å². The highest BCUT2D eigenvalue weighted by Crippen LogP contribution is 2.45. The van der Waals surface area contributed by atoms with Crippen LogP contribution in [0.2, 0.25) is 0 Å².